The number of rotatable bonds is 6. The van der Waals surface area contributed by atoms with Crippen LogP contribution in [-0.4, -0.2) is 23.9 Å². The van der Waals surface area contributed by atoms with E-state index in [2.05, 4.69) is 6.58 Å². The summed E-state index contributed by atoms with van der Waals surface area (Å²) in [6.45, 7) is 10.2. The van der Waals surface area contributed by atoms with Crippen molar-refractivity contribution >= 4 is 0 Å². The van der Waals surface area contributed by atoms with Gasteiger partial charge in [0, 0.05) is 6.61 Å². The minimum atomic E-state index is -0.360. The molecule has 0 aliphatic rings. The molecule has 0 fully saturated rings. The van der Waals surface area contributed by atoms with E-state index in [0.29, 0.717) is 6.61 Å². The predicted molar refractivity (Wildman–Crippen MR) is 51.1 cm³/mol. The van der Waals surface area contributed by atoms with Crippen LogP contribution in [0.5, 0.6) is 0 Å². The molecular weight excluding hydrogens is 152 g/mol. The van der Waals surface area contributed by atoms with Gasteiger partial charge in [-0.25, -0.2) is 0 Å². The fraction of sp³-hybridized carbons (Fsp3) is 0.800. The average molecular weight is 172 g/mol. The third-order valence-electron chi connectivity index (χ3n) is 1.84. The fourth-order valence-corrected chi connectivity index (χ4v) is 1.00. The van der Waals surface area contributed by atoms with Crippen molar-refractivity contribution in [3.05, 3.63) is 12.2 Å². The Morgan fingerprint density at radius 2 is 2.17 bits per heavy atom. The smallest absolute Gasteiger partial charge is 0.0805 e. The Kier molecular flexibility index (Phi) is 6.03. The Balaban J connectivity index is 3.55. The van der Waals surface area contributed by atoms with Gasteiger partial charge in [0.05, 0.1) is 12.2 Å². The summed E-state index contributed by atoms with van der Waals surface area (Å²) >= 11 is 0. The molecule has 12 heavy (non-hydrogen) atoms. The molecule has 0 spiro atoms. The van der Waals surface area contributed by atoms with E-state index in [4.69, 9.17) is 4.74 Å². The summed E-state index contributed by atoms with van der Waals surface area (Å²) in [4.78, 5) is 0. The maximum atomic E-state index is 9.53. The second-order valence-corrected chi connectivity index (χ2v) is 3.22. The molecule has 0 saturated heterocycles. The second kappa shape index (κ2) is 6.21. The lowest BCUT2D eigenvalue weighted by molar-refractivity contribution is -0.0244. The molecule has 0 aliphatic heterocycles. The van der Waals surface area contributed by atoms with Crippen LogP contribution in [-0.2, 0) is 4.74 Å². The molecule has 0 aromatic rings. The van der Waals surface area contributed by atoms with Crippen LogP contribution in [0.2, 0.25) is 0 Å². The van der Waals surface area contributed by atoms with Crippen LogP contribution in [0.3, 0.4) is 0 Å². The first-order valence-corrected chi connectivity index (χ1v) is 4.52. The van der Waals surface area contributed by atoms with Crippen molar-refractivity contribution < 1.29 is 9.84 Å². The maximum Gasteiger partial charge on any atom is 0.0805 e. The van der Waals surface area contributed by atoms with Crippen molar-refractivity contribution in [2.75, 3.05) is 6.61 Å². The minimum absolute atomic E-state index is 0.0608. The minimum Gasteiger partial charge on any atom is -0.390 e. The van der Waals surface area contributed by atoms with E-state index in [0.717, 1.165) is 18.4 Å². The van der Waals surface area contributed by atoms with Gasteiger partial charge in [0.15, 0.2) is 0 Å². The van der Waals surface area contributed by atoms with Crippen LogP contribution >= 0.6 is 0 Å². The Morgan fingerprint density at radius 1 is 1.58 bits per heavy atom. The summed E-state index contributed by atoms with van der Waals surface area (Å²) in [5, 5.41) is 9.53. The van der Waals surface area contributed by atoms with Gasteiger partial charge in [-0.1, -0.05) is 5.57 Å². The lowest BCUT2D eigenvalue weighted by atomic mass is 10.1. The molecule has 0 amide bonds. The van der Waals surface area contributed by atoms with Gasteiger partial charge in [0.1, 0.15) is 0 Å². The molecule has 72 valence electrons. The van der Waals surface area contributed by atoms with E-state index in [1.54, 1.807) is 0 Å². The van der Waals surface area contributed by atoms with Crippen LogP contribution in [0.4, 0.5) is 0 Å². The summed E-state index contributed by atoms with van der Waals surface area (Å²) in [6.07, 6.45) is 1.20. The average Bonchev–Trinajstić information content (AvgIpc) is 2.00. The van der Waals surface area contributed by atoms with Gasteiger partial charge in [-0.15, -0.1) is 6.58 Å². The van der Waals surface area contributed by atoms with Gasteiger partial charge in [0.25, 0.3) is 0 Å². The highest BCUT2D eigenvalue weighted by Crippen LogP contribution is 2.09. The van der Waals surface area contributed by atoms with Gasteiger partial charge in [-0.05, 0) is 33.6 Å². The molecule has 0 radical (unpaired) electrons. The number of aliphatic hydroxyl groups excluding tert-OH is 1. The zero-order valence-corrected chi connectivity index (χ0v) is 8.34. The Bertz CT molecular complexity index is 132. The zero-order chi connectivity index (χ0) is 9.56. The van der Waals surface area contributed by atoms with Crippen molar-refractivity contribution in [1.82, 2.24) is 0 Å². The van der Waals surface area contributed by atoms with Crippen LogP contribution in [0, 0.1) is 0 Å². The first-order valence-electron chi connectivity index (χ1n) is 4.52. The van der Waals surface area contributed by atoms with Gasteiger partial charge in [-0.3, -0.25) is 0 Å². The molecular formula is C10H20O2. The maximum absolute atomic E-state index is 9.53. The molecule has 0 aliphatic carbocycles. The van der Waals surface area contributed by atoms with Gasteiger partial charge in [-0.2, -0.15) is 0 Å². The van der Waals surface area contributed by atoms with Crippen LogP contribution in [0.1, 0.15) is 33.6 Å². The number of ether oxygens (including phenoxy) is 1. The third-order valence-corrected chi connectivity index (χ3v) is 1.84. The second-order valence-electron chi connectivity index (χ2n) is 3.22. The molecule has 2 heteroatoms. The first kappa shape index (κ1) is 11.7. The molecule has 0 heterocycles. The Labute approximate surface area is 75.2 Å². The largest absolute Gasteiger partial charge is 0.390 e. The normalized spacial score (nSPS) is 15.7. The first-order chi connectivity index (χ1) is 5.57. The molecule has 2 atom stereocenters. The monoisotopic (exact) mass is 172 g/mol. The highest BCUT2D eigenvalue weighted by Gasteiger charge is 2.12. The third kappa shape index (κ3) is 5.33. The van der Waals surface area contributed by atoms with Crippen molar-refractivity contribution in [2.45, 2.75) is 45.8 Å². The van der Waals surface area contributed by atoms with E-state index in [1.165, 1.54) is 0 Å². The topological polar surface area (TPSA) is 29.5 Å². The van der Waals surface area contributed by atoms with Crippen molar-refractivity contribution in [2.24, 2.45) is 0 Å². The Hall–Kier alpha value is -0.340. The summed E-state index contributed by atoms with van der Waals surface area (Å²) in [6, 6.07) is 0. The van der Waals surface area contributed by atoms with Gasteiger partial charge in [0.2, 0.25) is 0 Å². The molecule has 0 bridgehead atoms. The highest BCUT2D eigenvalue weighted by molar-refractivity contribution is 4.88. The number of allylic oxidation sites excluding steroid dienone is 1. The predicted octanol–water partition coefficient (Wildman–Crippen LogP) is 2.13. The quantitative estimate of drug-likeness (QED) is 0.622. The van der Waals surface area contributed by atoms with Crippen molar-refractivity contribution in [3.8, 4) is 0 Å². The molecule has 2 unspecified atom stereocenters. The summed E-state index contributed by atoms with van der Waals surface area (Å²) in [7, 11) is 0. The lowest BCUT2D eigenvalue weighted by Gasteiger charge is -2.18. The Morgan fingerprint density at radius 3 is 2.58 bits per heavy atom. The van der Waals surface area contributed by atoms with Crippen molar-refractivity contribution in [1.29, 1.82) is 0 Å². The number of aliphatic hydroxyl groups is 1. The van der Waals surface area contributed by atoms with Crippen LogP contribution in [0.15, 0.2) is 12.2 Å². The van der Waals surface area contributed by atoms with Crippen LogP contribution in [0.25, 0.3) is 0 Å². The summed E-state index contributed by atoms with van der Waals surface area (Å²) < 4.78 is 5.26. The highest BCUT2D eigenvalue weighted by atomic mass is 16.5. The SMILES string of the molecule is C=C(C)CCC(O)C(C)OCC. The molecule has 0 rings (SSSR count). The zero-order valence-electron chi connectivity index (χ0n) is 8.34. The number of hydrogen-bond acceptors (Lipinski definition) is 2. The lowest BCUT2D eigenvalue weighted by Crippen LogP contribution is -2.25. The standard InChI is InChI=1S/C10H20O2/c1-5-12-9(4)10(11)7-6-8(2)3/h9-11H,2,5-7H2,1,3-4H3. The number of hydrogen-bond donors (Lipinski definition) is 1. The van der Waals surface area contributed by atoms with E-state index in [1.807, 2.05) is 20.8 Å². The van der Waals surface area contributed by atoms with E-state index in [-0.39, 0.29) is 12.2 Å². The van der Waals surface area contributed by atoms with E-state index >= 15 is 0 Å². The van der Waals surface area contributed by atoms with E-state index < -0.39 is 0 Å². The fourth-order valence-electron chi connectivity index (χ4n) is 1.00. The van der Waals surface area contributed by atoms with Gasteiger partial charge < -0.3 is 9.84 Å². The molecule has 0 aromatic carbocycles. The summed E-state index contributed by atoms with van der Waals surface area (Å²) in [5.74, 6) is 0. The van der Waals surface area contributed by atoms with Gasteiger partial charge >= 0.3 is 0 Å². The molecule has 0 aromatic heterocycles. The van der Waals surface area contributed by atoms with E-state index in [9.17, 15) is 5.11 Å². The molecule has 2 nitrogen and oxygen atoms in total. The molecule has 0 saturated carbocycles. The summed E-state index contributed by atoms with van der Waals surface area (Å²) in [5.41, 5.74) is 1.11. The van der Waals surface area contributed by atoms with Crippen LogP contribution < -0.4 is 0 Å². The molecule has 1 N–H and O–H groups in total. The van der Waals surface area contributed by atoms with Crippen molar-refractivity contribution in [3.63, 3.8) is 0 Å².